The van der Waals surface area contributed by atoms with E-state index in [1.54, 1.807) is 48.5 Å². The lowest BCUT2D eigenvalue weighted by molar-refractivity contribution is -0.138. The number of nitrogens with zero attached hydrogens (tertiary/aromatic N) is 4. The summed E-state index contributed by atoms with van der Waals surface area (Å²) in [6, 6.07) is 51.1. The van der Waals surface area contributed by atoms with Crippen LogP contribution in [0.2, 0.25) is 0 Å². The highest BCUT2D eigenvalue weighted by atomic mass is 19.4. The topological polar surface area (TPSA) is 80.3 Å². The van der Waals surface area contributed by atoms with Gasteiger partial charge in [0.25, 0.3) is 0 Å². The van der Waals surface area contributed by atoms with Gasteiger partial charge >= 0.3 is 12.4 Å². The number of fused-ring (bicyclic) bond motifs is 11. The van der Waals surface area contributed by atoms with E-state index in [0.29, 0.717) is 67.6 Å². The van der Waals surface area contributed by atoms with Gasteiger partial charge in [-0.3, -0.25) is 0 Å². The molecule has 0 N–H and O–H groups in total. The van der Waals surface area contributed by atoms with E-state index in [0.717, 1.165) is 67.4 Å². The van der Waals surface area contributed by atoms with Gasteiger partial charge in [-0.2, -0.15) is 36.9 Å². The van der Waals surface area contributed by atoms with E-state index in [-0.39, 0.29) is 0 Å². The highest BCUT2D eigenvalue weighted by Crippen LogP contribution is 2.45. The molecule has 0 bridgehead atoms. The Morgan fingerprint density at radius 2 is 0.621 bits per heavy atom. The first-order valence-electron chi connectivity index (χ1n) is 20.5. The summed E-state index contributed by atoms with van der Waals surface area (Å²) in [5.74, 6) is 0. The predicted molar refractivity (Wildman–Crippen MR) is 245 cm³/mol. The Kier molecular flexibility index (Phi) is 9.06. The molecule has 318 valence electrons. The third-order valence-electron chi connectivity index (χ3n) is 11.9. The highest BCUT2D eigenvalue weighted by molar-refractivity contribution is 6.24. The van der Waals surface area contributed by atoms with Crippen molar-refractivity contribution in [3.8, 4) is 12.1 Å². The Morgan fingerprint density at radius 3 is 0.955 bits per heavy atom. The van der Waals surface area contributed by atoms with Crippen LogP contribution in [0.1, 0.15) is 22.3 Å². The van der Waals surface area contributed by atoms with Crippen molar-refractivity contribution in [2.45, 2.75) is 12.4 Å². The average molecular weight is 879 g/mol. The lowest BCUT2D eigenvalue weighted by Gasteiger charge is -2.26. The van der Waals surface area contributed by atoms with Crippen LogP contribution in [0.5, 0.6) is 0 Å². The minimum atomic E-state index is -4.49. The normalized spacial score (nSPS) is 12.1. The highest BCUT2D eigenvalue weighted by Gasteiger charge is 2.31. The maximum absolute atomic E-state index is 13.5. The van der Waals surface area contributed by atoms with E-state index in [2.05, 4.69) is 12.1 Å². The number of furan rings is 2. The van der Waals surface area contributed by atoms with Gasteiger partial charge in [0.05, 0.1) is 34.4 Å². The number of nitriles is 2. The fourth-order valence-electron chi connectivity index (χ4n) is 8.76. The van der Waals surface area contributed by atoms with Gasteiger partial charge in [-0.25, -0.2) is 0 Å². The first kappa shape index (κ1) is 40.1. The molecule has 0 aliphatic carbocycles. The second-order valence-corrected chi connectivity index (χ2v) is 15.8. The number of rotatable bonds is 6. The fourth-order valence-corrected chi connectivity index (χ4v) is 8.76. The molecule has 0 spiro atoms. The minimum absolute atomic E-state index is 0.444. The molecule has 66 heavy (non-hydrogen) atoms. The molecule has 0 fully saturated rings. The van der Waals surface area contributed by atoms with Gasteiger partial charge in [0.1, 0.15) is 11.2 Å². The summed E-state index contributed by atoms with van der Waals surface area (Å²) in [6.45, 7) is 0. The van der Waals surface area contributed by atoms with Gasteiger partial charge < -0.3 is 18.6 Å². The maximum Gasteiger partial charge on any atom is 0.416 e. The van der Waals surface area contributed by atoms with Crippen LogP contribution in [-0.4, -0.2) is 0 Å². The van der Waals surface area contributed by atoms with E-state index < -0.39 is 23.5 Å². The molecule has 6 nitrogen and oxygen atoms in total. The zero-order valence-electron chi connectivity index (χ0n) is 34.0. The SMILES string of the molecule is N#Cc1ccc(N(c2ccc(C(F)(F)F)cc2)c2ccc3c(ccc4c5ccc6c7ccc8cc(N(c9ccc(C#N)cc9)c9ccc(C(F)(F)F)cc9)ccc8c7oc6c5oc34)c2)cc1. The lowest BCUT2D eigenvalue weighted by Crippen LogP contribution is -2.11. The van der Waals surface area contributed by atoms with Crippen molar-refractivity contribution in [1.29, 1.82) is 10.5 Å². The standard InChI is InChI=1S/C54H28F6N4O2/c55-53(56,57)35-7-15-39(16-8-35)63(37-11-1-31(29-61)2-12-37)41-19-23-43-33(27-41)5-21-45-47-25-26-48-46-22-6-34-28-42(20-24-44(34)50(46)66-52(48)51(47)65-49(43)45)64(38-13-3-32(30-62)4-14-38)40-17-9-36(10-18-40)54(58,59)60/h1-28H. The molecule has 0 saturated heterocycles. The maximum atomic E-state index is 13.5. The predicted octanol–water partition coefficient (Wildman–Crippen LogP) is 16.5. The molecule has 0 radical (unpaired) electrons. The van der Waals surface area contributed by atoms with E-state index in [1.165, 1.54) is 24.3 Å². The van der Waals surface area contributed by atoms with Crippen LogP contribution < -0.4 is 9.80 Å². The molecule has 0 atom stereocenters. The summed E-state index contributed by atoms with van der Waals surface area (Å²) in [5.41, 5.74) is 5.37. The third-order valence-corrected chi connectivity index (χ3v) is 11.9. The van der Waals surface area contributed by atoms with Gasteiger partial charge in [-0.1, -0.05) is 12.1 Å². The van der Waals surface area contributed by atoms with Crippen molar-refractivity contribution < 1.29 is 35.2 Å². The zero-order valence-corrected chi connectivity index (χ0v) is 34.0. The Bertz CT molecular complexity index is 3550. The quantitative estimate of drug-likeness (QED) is 0.155. The zero-order chi connectivity index (χ0) is 45.5. The number of hydrogen-bond acceptors (Lipinski definition) is 6. The molecule has 2 aromatic heterocycles. The molecule has 2 heterocycles. The smallest absolute Gasteiger partial charge is 0.416 e. The van der Waals surface area contributed by atoms with Crippen molar-refractivity contribution in [2.75, 3.05) is 9.80 Å². The summed E-state index contributed by atoms with van der Waals surface area (Å²) in [6.07, 6.45) is -8.99. The van der Waals surface area contributed by atoms with E-state index in [1.807, 2.05) is 82.6 Å². The van der Waals surface area contributed by atoms with Crippen LogP contribution >= 0.6 is 0 Å². The Morgan fingerprint density at radius 1 is 0.333 bits per heavy atom. The molecular weight excluding hydrogens is 851 g/mol. The second kappa shape index (κ2) is 14.9. The van der Waals surface area contributed by atoms with Crippen LogP contribution in [0.4, 0.5) is 60.5 Å². The molecular formula is C54H28F6N4O2. The van der Waals surface area contributed by atoms with Crippen molar-refractivity contribution in [3.63, 3.8) is 0 Å². The van der Waals surface area contributed by atoms with Crippen LogP contribution in [-0.2, 0) is 12.4 Å². The molecule has 11 aromatic rings. The molecule has 0 saturated carbocycles. The number of hydrogen-bond donors (Lipinski definition) is 0. The molecule has 12 heteroatoms. The van der Waals surface area contributed by atoms with Gasteiger partial charge in [-0.05, 0) is 168 Å². The molecule has 11 rings (SSSR count). The van der Waals surface area contributed by atoms with Crippen molar-refractivity contribution >= 4 is 99.5 Å². The number of alkyl halides is 6. The second-order valence-electron chi connectivity index (χ2n) is 15.8. The van der Waals surface area contributed by atoms with Gasteiger partial charge in [0.2, 0.25) is 0 Å². The van der Waals surface area contributed by atoms with Crippen molar-refractivity contribution in [3.05, 3.63) is 192 Å². The summed E-state index contributed by atoms with van der Waals surface area (Å²) >= 11 is 0. The summed E-state index contributed by atoms with van der Waals surface area (Å²) in [7, 11) is 0. The van der Waals surface area contributed by atoms with Crippen LogP contribution in [0.25, 0.3) is 65.4 Å². The van der Waals surface area contributed by atoms with E-state index >= 15 is 0 Å². The van der Waals surface area contributed by atoms with E-state index in [9.17, 15) is 36.9 Å². The monoisotopic (exact) mass is 878 g/mol. The lowest BCUT2D eigenvalue weighted by atomic mass is 10.0. The first-order chi connectivity index (χ1) is 31.9. The summed E-state index contributed by atoms with van der Waals surface area (Å²) < 4.78 is 94.6. The Hall–Kier alpha value is -8.74. The molecule has 0 unspecified atom stereocenters. The first-order valence-corrected chi connectivity index (χ1v) is 20.5. The summed E-state index contributed by atoms with van der Waals surface area (Å²) in [5, 5.41) is 25.5. The van der Waals surface area contributed by atoms with Crippen LogP contribution in [0, 0.1) is 22.7 Å². The number of benzene rings is 9. The minimum Gasteiger partial charge on any atom is -0.451 e. The average Bonchev–Trinajstić information content (AvgIpc) is 3.91. The van der Waals surface area contributed by atoms with Gasteiger partial charge in [0.15, 0.2) is 11.2 Å². The van der Waals surface area contributed by atoms with Crippen LogP contribution in [0.3, 0.4) is 0 Å². The Balaban J connectivity index is 1.01. The number of halogens is 6. The molecule has 0 aliphatic heterocycles. The fraction of sp³-hybridized carbons (Fsp3) is 0.0370. The van der Waals surface area contributed by atoms with E-state index in [4.69, 9.17) is 8.83 Å². The van der Waals surface area contributed by atoms with Crippen molar-refractivity contribution in [1.82, 2.24) is 0 Å². The molecule has 9 aromatic carbocycles. The van der Waals surface area contributed by atoms with Gasteiger partial charge in [-0.15, -0.1) is 0 Å². The van der Waals surface area contributed by atoms with Gasteiger partial charge in [0, 0.05) is 66.4 Å². The third kappa shape index (κ3) is 6.66. The molecule has 0 amide bonds. The van der Waals surface area contributed by atoms with Crippen LogP contribution in [0.15, 0.2) is 179 Å². The largest absolute Gasteiger partial charge is 0.451 e. The van der Waals surface area contributed by atoms with Crippen molar-refractivity contribution in [2.24, 2.45) is 0 Å². The number of anilines is 6. The molecule has 0 aliphatic rings. The summed E-state index contributed by atoms with van der Waals surface area (Å²) in [4.78, 5) is 3.65. The Labute approximate surface area is 370 Å².